The van der Waals surface area contributed by atoms with E-state index in [1.807, 2.05) is 0 Å². The molecular weight excluding hydrogens is 196 g/mol. The van der Waals surface area contributed by atoms with Gasteiger partial charge in [0.1, 0.15) is 0 Å². The van der Waals surface area contributed by atoms with Gasteiger partial charge in [-0.25, -0.2) is 0 Å². The molecule has 0 unspecified atom stereocenters. The number of hydrogen-bond acceptors (Lipinski definition) is 1. The van der Waals surface area contributed by atoms with Gasteiger partial charge >= 0.3 is 0 Å². The number of hydrogen-bond donors (Lipinski definition) is 1. The second-order valence-corrected chi connectivity index (χ2v) is 7.88. The lowest BCUT2D eigenvalue weighted by Gasteiger charge is -2.44. The summed E-state index contributed by atoms with van der Waals surface area (Å²) >= 11 is 0. The van der Waals surface area contributed by atoms with Crippen LogP contribution in [0, 0.1) is 28.1 Å². The standard InChI is InChI=1S/C15H26O/c1-13(2)7-5-8-14(3)10-6-9-15(4,11(10)13)12(14)16/h10-12,16H,5-9H2,1-4H3/t10-,11+,12-,14+,15+/m1/s1. The minimum absolute atomic E-state index is 0.0525. The van der Waals surface area contributed by atoms with E-state index in [0.29, 0.717) is 5.41 Å². The van der Waals surface area contributed by atoms with Gasteiger partial charge in [-0.15, -0.1) is 0 Å². The van der Waals surface area contributed by atoms with Gasteiger partial charge in [-0.3, -0.25) is 0 Å². The molecule has 0 aromatic rings. The molecule has 3 rings (SSSR count). The van der Waals surface area contributed by atoms with Crippen LogP contribution in [-0.2, 0) is 0 Å². The van der Waals surface area contributed by atoms with Gasteiger partial charge in [0.15, 0.2) is 0 Å². The third kappa shape index (κ3) is 1.02. The Morgan fingerprint density at radius 3 is 2.31 bits per heavy atom. The predicted molar refractivity (Wildman–Crippen MR) is 66.1 cm³/mol. The second kappa shape index (κ2) is 2.85. The summed E-state index contributed by atoms with van der Waals surface area (Å²) in [6.45, 7) is 9.61. The molecule has 0 aromatic carbocycles. The molecule has 0 aliphatic heterocycles. The maximum absolute atomic E-state index is 10.8. The summed E-state index contributed by atoms with van der Waals surface area (Å²) < 4.78 is 0. The summed E-state index contributed by atoms with van der Waals surface area (Å²) in [6.07, 6.45) is 6.47. The van der Waals surface area contributed by atoms with Crippen LogP contribution in [0.25, 0.3) is 0 Å². The van der Waals surface area contributed by atoms with Crippen molar-refractivity contribution in [2.45, 2.75) is 65.9 Å². The Hall–Kier alpha value is -0.0400. The van der Waals surface area contributed by atoms with Gasteiger partial charge in [-0.1, -0.05) is 34.1 Å². The molecule has 4 bridgehead atoms. The fourth-order valence-electron chi connectivity index (χ4n) is 6.06. The largest absolute Gasteiger partial charge is 0.392 e. The van der Waals surface area contributed by atoms with Crippen molar-refractivity contribution < 1.29 is 5.11 Å². The average Bonchev–Trinajstić information content (AvgIpc) is 2.57. The first-order chi connectivity index (χ1) is 7.32. The lowest BCUT2D eigenvalue weighted by atomic mass is 9.63. The van der Waals surface area contributed by atoms with Crippen LogP contribution in [0.15, 0.2) is 0 Å². The SMILES string of the molecule is CC1(C)CCC[C@]2(C)[C@@H](O)[C@@]3(C)CC[C@@H]2[C@@H]13. The molecule has 3 saturated carbocycles. The Morgan fingerprint density at radius 2 is 1.62 bits per heavy atom. The smallest absolute Gasteiger partial charge is 0.0652 e. The van der Waals surface area contributed by atoms with Gasteiger partial charge in [0, 0.05) is 0 Å². The van der Waals surface area contributed by atoms with Crippen molar-refractivity contribution >= 4 is 0 Å². The summed E-state index contributed by atoms with van der Waals surface area (Å²) in [5.74, 6) is 1.53. The van der Waals surface area contributed by atoms with E-state index in [4.69, 9.17) is 0 Å². The van der Waals surface area contributed by atoms with Crippen molar-refractivity contribution in [1.82, 2.24) is 0 Å². The molecule has 1 N–H and O–H groups in total. The van der Waals surface area contributed by atoms with E-state index in [1.165, 1.54) is 32.1 Å². The Bertz CT molecular complexity index is 321. The van der Waals surface area contributed by atoms with Crippen LogP contribution in [-0.4, -0.2) is 11.2 Å². The highest BCUT2D eigenvalue weighted by Crippen LogP contribution is 2.73. The van der Waals surface area contributed by atoms with Crippen molar-refractivity contribution in [3.05, 3.63) is 0 Å². The van der Waals surface area contributed by atoms with E-state index in [-0.39, 0.29) is 16.9 Å². The highest BCUT2D eigenvalue weighted by Gasteiger charge is 2.70. The van der Waals surface area contributed by atoms with Gasteiger partial charge in [-0.05, 0) is 53.8 Å². The monoisotopic (exact) mass is 222 g/mol. The molecule has 0 saturated heterocycles. The zero-order chi connectivity index (χ0) is 11.8. The Morgan fingerprint density at radius 1 is 0.938 bits per heavy atom. The van der Waals surface area contributed by atoms with E-state index in [1.54, 1.807) is 0 Å². The first-order valence-corrected chi connectivity index (χ1v) is 7.00. The molecular formula is C15H26O. The first kappa shape index (κ1) is 11.1. The maximum atomic E-state index is 10.8. The lowest BCUT2D eigenvalue weighted by Crippen LogP contribution is -2.44. The number of rotatable bonds is 0. The normalized spacial score (nSPS) is 58.7. The summed E-state index contributed by atoms with van der Waals surface area (Å²) in [7, 11) is 0. The molecule has 0 amide bonds. The van der Waals surface area contributed by atoms with Crippen LogP contribution < -0.4 is 0 Å². The fourth-order valence-corrected chi connectivity index (χ4v) is 6.06. The van der Waals surface area contributed by atoms with Crippen LogP contribution in [0.3, 0.4) is 0 Å². The van der Waals surface area contributed by atoms with Crippen LogP contribution >= 0.6 is 0 Å². The van der Waals surface area contributed by atoms with Crippen LogP contribution in [0.5, 0.6) is 0 Å². The van der Waals surface area contributed by atoms with Gasteiger partial charge in [0.05, 0.1) is 6.10 Å². The molecule has 3 aliphatic rings. The number of aliphatic hydroxyl groups excluding tert-OH is 1. The molecule has 16 heavy (non-hydrogen) atoms. The zero-order valence-electron chi connectivity index (χ0n) is 11.2. The summed E-state index contributed by atoms with van der Waals surface area (Å²) in [6, 6.07) is 0. The van der Waals surface area contributed by atoms with Crippen LogP contribution in [0.1, 0.15) is 59.8 Å². The van der Waals surface area contributed by atoms with Crippen molar-refractivity contribution in [2.24, 2.45) is 28.1 Å². The van der Waals surface area contributed by atoms with Gasteiger partial charge in [0.2, 0.25) is 0 Å². The van der Waals surface area contributed by atoms with E-state index in [0.717, 1.165) is 11.8 Å². The van der Waals surface area contributed by atoms with Crippen LogP contribution in [0.4, 0.5) is 0 Å². The minimum Gasteiger partial charge on any atom is -0.392 e. The Labute approximate surface area is 99.6 Å². The molecule has 3 aliphatic carbocycles. The number of aliphatic hydroxyl groups is 1. The van der Waals surface area contributed by atoms with Crippen LogP contribution in [0.2, 0.25) is 0 Å². The molecule has 0 radical (unpaired) electrons. The highest BCUT2D eigenvalue weighted by molar-refractivity contribution is 5.18. The zero-order valence-corrected chi connectivity index (χ0v) is 11.2. The van der Waals surface area contributed by atoms with Crippen molar-refractivity contribution in [3.63, 3.8) is 0 Å². The fraction of sp³-hybridized carbons (Fsp3) is 1.00. The van der Waals surface area contributed by atoms with Gasteiger partial charge in [0.25, 0.3) is 0 Å². The summed E-state index contributed by atoms with van der Waals surface area (Å²) in [4.78, 5) is 0. The third-order valence-corrected chi connectivity index (χ3v) is 6.58. The van der Waals surface area contributed by atoms with Gasteiger partial charge < -0.3 is 5.11 Å². The highest BCUT2D eigenvalue weighted by atomic mass is 16.3. The molecule has 0 aromatic heterocycles. The predicted octanol–water partition coefficient (Wildman–Crippen LogP) is 3.61. The second-order valence-electron chi connectivity index (χ2n) is 7.88. The van der Waals surface area contributed by atoms with Crippen molar-refractivity contribution in [3.8, 4) is 0 Å². The molecule has 3 fully saturated rings. The van der Waals surface area contributed by atoms with E-state index in [9.17, 15) is 5.11 Å². The molecule has 92 valence electrons. The molecule has 5 atom stereocenters. The van der Waals surface area contributed by atoms with Crippen molar-refractivity contribution in [1.29, 1.82) is 0 Å². The molecule has 1 heteroatoms. The third-order valence-electron chi connectivity index (χ3n) is 6.58. The average molecular weight is 222 g/mol. The van der Waals surface area contributed by atoms with E-state index in [2.05, 4.69) is 27.7 Å². The van der Waals surface area contributed by atoms with Gasteiger partial charge in [-0.2, -0.15) is 0 Å². The summed E-state index contributed by atoms with van der Waals surface area (Å²) in [5, 5.41) is 10.8. The lowest BCUT2D eigenvalue weighted by molar-refractivity contribution is -0.0636. The Kier molecular flexibility index (Phi) is 1.98. The molecule has 1 nitrogen and oxygen atoms in total. The topological polar surface area (TPSA) is 20.2 Å². The summed E-state index contributed by atoms with van der Waals surface area (Å²) in [5.41, 5.74) is 0.875. The van der Waals surface area contributed by atoms with E-state index < -0.39 is 0 Å². The minimum atomic E-state index is -0.0525. The van der Waals surface area contributed by atoms with E-state index >= 15 is 0 Å². The Balaban J connectivity index is 2.13. The quantitative estimate of drug-likeness (QED) is 0.664. The first-order valence-electron chi connectivity index (χ1n) is 7.00. The molecule has 0 spiro atoms. The van der Waals surface area contributed by atoms with Crippen molar-refractivity contribution in [2.75, 3.05) is 0 Å². The maximum Gasteiger partial charge on any atom is 0.0652 e. The molecule has 0 heterocycles.